The second-order valence-electron chi connectivity index (χ2n) is 7.66. The molecule has 4 amide bonds. The minimum atomic E-state index is -0.845. The number of aromatic nitrogens is 1. The van der Waals surface area contributed by atoms with E-state index in [1.165, 1.54) is 16.9 Å². The molecule has 2 heterocycles. The molecule has 1 aromatic carbocycles. The lowest BCUT2D eigenvalue weighted by molar-refractivity contribution is -0.136. The second-order valence-corrected chi connectivity index (χ2v) is 8.69. The summed E-state index contributed by atoms with van der Waals surface area (Å²) in [5, 5.41) is 6.07. The minimum absolute atomic E-state index is 0.0720. The Labute approximate surface area is 167 Å². The van der Waals surface area contributed by atoms with E-state index >= 15 is 0 Å². The molecule has 8 heteroatoms. The maximum Gasteiger partial charge on any atom is 0.325 e. The maximum absolute atomic E-state index is 13.0. The number of carbonyl (C=O) groups is 3. The first kappa shape index (κ1) is 18.9. The summed E-state index contributed by atoms with van der Waals surface area (Å²) in [7, 11) is 0. The fourth-order valence-electron chi connectivity index (χ4n) is 4.18. The molecule has 2 N–H and O–H groups in total. The third-order valence-corrected chi connectivity index (χ3v) is 6.84. The number of fused-ring (bicyclic) bond motifs is 1. The summed E-state index contributed by atoms with van der Waals surface area (Å²) in [5.41, 5.74) is 1.19. The zero-order valence-electron chi connectivity index (χ0n) is 16.1. The fourth-order valence-corrected chi connectivity index (χ4v) is 5.13. The van der Waals surface area contributed by atoms with Crippen molar-refractivity contribution in [3.63, 3.8) is 0 Å². The zero-order chi connectivity index (χ0) is 19.9. The van der Waals surface area contributed by atoms with Gasteiger partial charge in [0.05, 0.1) is 10.2 Å². The van der Waals surface area contributed by atoms with Crippen LogP contribution >= 0.6 is 11.3 Å². The van der Waals surface area contributed by atoms with Gasteiger partial charge in [-0.25, -0.2) is 9.78 Å². The summed E-state index contributed by atoms with van der Waals surface area (Å²) in [5.74, 6) is -0.627. The third kappa shape index (κ3) is 3.15. The smallest absolute Gasteiger partial charge is 0.323 e. The molecule has 2 aromatic rings. The lowest BCUT2D eigenvalue weighted by Crippen LogP contribution is -2.54. The number of hydrogen-bond acceptors (Lipinski definition) is 5. The molecular weight excluding hydrogens is 376 g/mol. The zero-order valence-corrected chi connectivity index (χ0v) is 16.9. The highest BCUT2D eigenvalue weighted by molar-refractivity contribution is 7.22. The molecule has 1 aliphatic heterocycles. The van der Waals surface area contributed by atoms with Crippen molar-refractivity contribution in [2.24, 2.45) is 5.92 Å². The number of anilines is 1. The number of thiazole rings is 1. The molecule has 148 valence electrons. The highest BCUT2D eigenvalue weighted by Crippen LogP contribution is 2.38. The summed E-state index contributed by atoms with van der Waals surface area (Å²) in [6.07, 6.45) is 4.43. The molecule has 1 aromatic heterocycles. The molecule has 1 aliphatic carbocycles. The van der Waals surface area contributed by atoms with E-state index in [0.717, 1.165) is 40.8 Å². The highest BCUT2D eigenvalue weighted by atomic mass is 32.1. The van der Waals surface area contributed by atoms with Crippen molar-refractivity contribution in [2.75, 3.05) is 11.9 Å². The second kappa shape index (κ2) is 7.16. The van der Waals surface area contributed by atoms with Gasteiger partial charge in [0.2, 0.25) is 5.91 Å². The number of nitrogens with one attached hydrogen (secondary N) is 2. The van der Waals surface area contributed by atoms with Crippen molar-refractivity contribution in [3.8, 4) is 0 Å². The van der Waals surface area contributed by atoms with Crippen molar-refractivity contribution in [1.29, 1.82) is 0 Å². The standard InChI is InChI=1S/C20H24N4O3S/c1-3-13-7-8-14-15(10-13)28-18(21-14)22-16(25)11-24-17(26)20(23-19(24)27)9-5-4-6-12(20)2/h7-8,10,12H,3-6,9,11H2,1-2H3,(H,23,27)(H,21,22,25). The number of hydrogen-bond donors (Lipinski definition) is 2. The van der Waals surface area contributed by atoms with Crippen molar-refractivity contribution >= 4 is 44.5 Å². The minimum Gasteiger partial charge on any atom is -0.323 e. The Morgan fingerprint density at radius 1 is 1.39 bits per heavy atom. The molecule has 2 atom stereocenters. The molecule has 1 saturated carbocycles. The molecular formula is C20H24N4O3S. The molecule has 2 fully saturated rings. The number of rotatable bonds is 4. The number of benzene rings is 1. The predicted molar refractivity (Wildman–Crippen MR) is 108 cm³/mol. The first-order chi connectivity index (χ1) is 13.4. The van der Waals surface area contributed by atoms with Crippen LogP contribution in [0.4, 0.5) is 9.93 Å². The summed E-state index contributed by atoms with van der Waals surface area (Å²) in [4.78, 5) is 43.3. The van der Waals surface area contributed by atoms with Gasteiger partial charge in [-0.15, -0.1) is 0 Å². The van der Waals surface area contributed by atoms with E-state index < -0.39 is 17.5 Å². The Balaban J connectivity index is 1.46. The van der Waals surface area contributed by atoms with Gasteiger partial charge in [-0.3, -0.25) is 14.5 Å². The van der Waals surface area contributed by atoms with Crippen LogP contribution in [0.2, 0.25) is 0 Å². The first-order valence-corrected chi connectivity index (χ1v) is 10.6. The van der Waals surface area contributed by atoms with E-state index in [2.05, 4.69) is 28.6 Å². The summed E-state index contributed by atoms with van der Waals surface area (Å²) >= 11 is 1.39. The fraction of sp³-hybridized carbons (Fsp3) is 0.500. The van der Waals surface area contributed by atoms with Crippen LogP contribution < -0.4 is 10.6 Å². The van der Waals surface area contributed by atoms with Gasteiger partial charge in [0.1, 0.15) is 12.1 Å². The van der Waals surface area contributed by atoms with Gasteiger partial charge in [-0.2, -0.15) is 0 Å². The summed E-state index contributed by atoms with van der Waals surface area (Å²) in [6, 6.07) is 5.54. The van der Waals surface area contributed by atoms with E-state index in [1.807, 2.05) is 19.1 Å². The van der Waals surface area contributed by atoms with E-state index in [1.54, 1.807) is 0 Å². The molecule has 28 heavy (non-hydrogen) atoms. The van der Waals surface area contributed by atoms with Gasteiger partial charge in [-0.05, 0) is 42.9 Å². The Kier molecular flexibility index (Phi) is 4.82. The monoisotopic (exact) mass is 400 g/mol. The summed E-state index contributed by atoms with van der Waals surface area (Å²) < 4.78 is 1.000. The van der Waals surface area contributed by atoms with E-state index in [-0.39, 0.29) is 18.4 Å². The Morgan fingerprint density at radius 3 is 2.96 bits per heavy atom. The quantitative estimate of drug-likeness (QED) is 0.771. The molecule has 1 spiro atoms. The SMILES string of the molecule is CCc1ccc2nc(NC(=O)CN3C(=O)NC4(CCCCC4C)C3=O)sc2c1. The van der Waals surface area contributed by atoms with Crippen LogP contribution in [0.5, 0.6) is 0 Å². The first-order valence-electron chi connectivity index (χ1n) is 9.76. The summed E-state index contributed by atoms with van der Waals surface area (Å²) in [6.45, 7) is 3.78. The number of carbonyl (C=O) groups excluding carboxylic acids is 3. The molecule has 0 radical (unpaired) electrons. The van der Waals surface area contributed by atoms with Crippen LogP contribution in [0.3, 0.4) is 0 Å². The normalized spacial score (nSPS) is 24.8. The average molecular weight is 401 g/mol. The van der Waals surface area contributed by atoms with Crippen LogP contribution in [-0.2, 0) is 16.0 Å². The van der Waals surface area contributed by atoms with Crippen molar-refractivity contribution < 1.29 is 14.4 Å². The van der Waals surface area contributed by atoms with Crippen LogP contribution in [0, 0.1) is 5.92 Å². The van der Waals surface area contributed by atoms with Gasteiger partial charge in [0, 0.05) is 0 Å². The highest BCUT2D eigenvalue weighted by Gasteiger charge is 2.55. The number of amides is 4. The van der Waals surface area contributed by atoms with E-state index in [9.17, 15) is 14.4 Å². The number of nitrogens with zero attached hydrogens (tertiary/aromatic N) is 2. The Bertz CT molecular complexity index is 956. The third-order valence-electron chi connectivity index (χ3n) is 5.91. The Morgan fingerprint density at radius 2 is 2.21 bits per heavy atom. The molecule has 2 unspecified atom stereocenters. The maximum atomic E-state index is 13.0. The molecule has 0 bridgehead atoms. The van der Waals surface area contributed by atoms with Crippen LogP contribution in [0.25, 0.3) is 10.2 Å². The number of imide groups is 1. The Hall–Kier alpha value is -2.48. The van der Waals surface area contributed by atoms with Gasteiger partial charge < -0.3 is 10.6 Å². The lowest BCUT2D eigenvalue weighted by atomic mass is 9.73. The largest absolute Gasteiger partial charge is 0.325 e. The average Bonchev–Trinajstić information content (AvgIpc) is 3.17. The van der Waals surface area contributed by atoms with Gasteiger partial charge >= 0.3 is 6.03 Å². The topological polar surface area (TPSA) is 91.4 Å². The van der Waals surface area contributed by atoms with E-state index in [4.69, 9.17) is 0 Å². The predicted octanol–water partition coefficient (Wildman–Crippen LogP) is 3.30. The molecule has 1 saturated heterocycles. The van der Waals surface area contributed by atoms with Gasteiger partial charge in [0.15, 0.2) is 5.13 Å². The van der Waals surface area contributed by atoms with Gasteiger partial charge in [0.25, 0.3) is 5.91 Å². The molecule has 4 rings (SSSR count). The lowest BCUT2D eigenvalue weighted by Gasteiger charge is -2.36. The van der Waals surface area contributed by atoms with Crippen molar-refractivity contribution in [3.05, 3.63) is 23.8 Å². The van der Waals surface area contributed by atoms with Crippen molar-refractivity contribution in [2.45, 2.75) is 51.5 Å². The van der Waals surface area contributed by atoms with Crippen LogP contribution in [0.1, 0.15) is 45.1 Å². The number of aryl methyl sites for hydroxylation is 1. The van der Waals surface area contributed by atoms with E-state index in [0.29, 0.717) is 11.6 Å². The number of urea groups is 1. The molecule has 2 aliphatic rings. The van der Waals surface area contributed by atoms with Gasteiger partial charge in [-0.1, -0.05) is 44.1 Å². The van der Waals surface area contributed by atoms with Crippen molar-refractivity contribution in [1.82, 2.24) is 15.2 Å². The molecule has 7 nitrogen and oxygen atoms in total. The van der Waals surface area contributed by atoms with Crippen LogP contribution in [-0.4, -0.2) is 39.8 Å². The van der Waals surface area contributed by atoms with Crippen LogP contribution in [0.15, 0.2) is 18.2 Å².